The van der Waals surface area contributed by atoms with Crippen LogP contribution in [-0.2, 0) is 9.84 Å². The van der Waals surface area contributed by atoms with E-state index >= 15 is 0 Å². The van der Waals surface area contributed by atoms with Crippen molar-refractivity contribution in [3.05, 3.63) is 35.4 Å². The van der Waals surface area contributed by atoms with Crippen LogP contribution in [0.25, 0.3) is 0 Å². The Morgan fingerprint density at radius 1 is 1.40 bits per heavy atom. The zero-order valence-electron chi connectivity index (χ0n) is 8.73. The molecule has 1 heterocycles. The predicted molar refractivity (Wildman–Crippen MR) is 60.6 cm³/mol. The summed E-state index contributed by atoms with van der Waals surface area (Å²) in [6, 6.07) is 7.96. The minimum atomic E-state index is -2.86. The van der Waals surface area contributed by atoms with Crippen LogP contribution in [0.4, 0.5) is 0 Å². The van der Waals surface area contributed by atoms with Gasteiger partial charge in [-0.05, 0) is 12.5 Å². The highest BCUT2D eigenvalue weighted by molar-refractivity contribution is 7.91. The molecule has 1 N–H and O–H groups in total. The van der Waals surface area contributed by atoms with E-state index in [1.54, 1.807) is 0 Å². The molecule has 1 aliphatic heterocycles. The smallest absolute Gasteiger partial charge is 0.153 e. The van der Waals surface area contributed by atoms with Gasteiger partial charge in [0.1, 0.15) is 0 Å². The van der Waals surface area contributed by atoms with Gasteiger partial charge >= 0.3 is 0 Å². The second-order valence-electron chi connectivity index (χ2n) is 4.04. The Morgan fingerprint density at radius 3 is 2.87 bits per heavy atom. The van der Waals surface area contributed by atoms with E-state index in [2.05, 4.69) is 5.32 Å². The highest BCUT2D eigenvalue weighted by Gasteiger charge is 2.25. The lowest BCUT2D eigenvalue weighted by Gasteiger charge is -2.24. The van der Waals surface area contributed by atoms with Crippen LogP contribution in [-0.4, -0.2) is 26.5 Å². The number of sulfone groups is 1. The third kappa shape index (κ3) is 2.58. The molecule has 0 bridgehead atoms. The fourth-order valence-electron chi connectivity index (χ4n) is 1.89. The van der Waals surface area contributed by atoms with Gasteiger partial charge in [0.05, 0.1) is 11.5 Å². The molecule has 4 heteroatoms. The second kappa shape index (κ2) is 3.94. The summed E-state index contributed by atoms with van der Waals surface area (Å²) >= 11 is 0. The first kappa shape index (κ1) is 10.6. The zero-order chi connectivity index (χ0) is 10.9. The minimum absolute atomic E-state index is 0.0383. The maximum absolute atomic E-state index is 11.5. The summed E-state index contributed by atoms with van der Waals surface area (Å²) < 4.78 is 23.0. The van der Waals surface area contributed by atoms with Crippen molar-refractivity contribution in [2.24, 2.45) is 0 Å². The standard InChI is InChI=1S/C11H15NO2S/c1-9-3-2-4-10(7-9)11-8-15(13,14)6-5-12-11/h2-4,7,11-12H,5-6,8H2,1H3. The number of hydrogen-bond donors (Lipinski definition) is 1. The van der Waals surface area contributed by atoms with Crippen molar-refractivity contribution < 1.29 is 8.42 Å². The predicted octanol–water partition coefficient (Wildman–Crippen LogP) is 1.05. The van der Waals surface area contributed by atoms with E-state index in [0.29, 0.717) is 6.54 Å². The summed E-state index contributed by atoms with van der Waals surface area (Å²) in [6.07, 6.45) is 0. The van der Waals surface area contributed by atoms with Crippen molar-refractivity contribution in [2.75, 3.05) is 18.1 Å². The first-order chi connectivity index (χ1) is 7.07. The Kier molecular flexibility index (Phi) is 2.80. The first-order valence-electron chi connectivity index (χ1n) is 5.07. The molecular formula is C11H15NO2S. The molecule has 0 radical (unpaired) electrons. The van der Waals surface area contributed by atoms with Crippen LogP contribution < -0.4 is 5.32 Å². The summed E-state index contributed by atoms with van der Waals surface area (Å²) in [5.41, 5.74) is 2.23. The number of benzene rings is 1. The molecule has 0 spiro atoms. The molecule has 2 rings (SSSR count). The Morgan fingerprint density at radius 2 is 2.20 bits per heavy atom. The second-order valence-corrected chi connectivity index (χ2v) is 6.26. The van der Waals surface area contributed by atoms with Gasteiger partial charge in [0, 0.05) is 12.6 Å². The lowest BCUT2D eigenvalue weighted by Crippen LogP contribution is -2.39. The summed E-state index contributed by atoms with van der Waals surface area (Å²) in [7, 11) is -2.86. The third-order valence-electron chi connectivity index (χ3n) is 2.67. The lowest BCUT2D eigenvalue weighted by atomic mass is 10.1. The van der Waals surface area contributed by atoms with Crippen molar-refractivity contribution >= 4 is 9.84 Å². The summed E-state index contributed by atoms with van der Waals surface area (Å²) in [4.78, 5) is 0. The minimum Gasteiger partial charge on any atom is -0.308 e. The number of nitrogens with one attached hydrogen (secondary N) is 1. The lowest BCUT2D eigenvalue weighted by molar-refractivity contribution is 0.531. The van der Waals surface area contributed by atoms with E-state index in [1.165, 1.54) is 0 Å². The molecule has 1 atom stereocenters. The van der Waals surface area contributed by atoms with Crippen LogP contribution >= 0.6 is 0 Å². The Bertz CT molecular complexity index is 453. The zero-order valence-corrected chi connectivity index (χ0v) is 9.55. The van der Waals surface area contributed by atoms with Gasteiger partial charge in [-0.1, -0.05) is 29.8 Å². The van der Waals surface area contributed by atoms with Crippen LogP contribution in [0.3, 0.4) is 0 Å². The summed E-state index contributed by atoms with van der Waals surface area (Å²) in [5.74, 6) is 0.478. The topological polar surface area (TPSA) is 46.2 Å². The molecule has 1 aromatic carbocycles. The van der Waals surface area contributed by atoms with Crippen molar-refractivity contribution in [2.45, 2.75) is 13.0 Å². The van der Waals surface area contributed by atoms with Gasteiger partial charge in [-0.2, -0.15) is 0 Å². The van der Waals surface area contributed by atoms with Crippen molar-refractivity contribution in [1.29, 1.82) is 0 Å². The van der Waals surface area contributed by atoms with Crippen molar-refractivity contribution in [3.8, 4) is 0 Å². The Hall–Kier alpha value is -0.870. The molecular weight excluding hydrogens is 210 g/mol. The number of rotatable bonds is 1. The molecule has 1 aliphatic rings. The van der Waals surface area contributed by atoms with E-state index in [0.717, 1.165) is 11.1 Å². The van der Waals surface area contributed by atoms with Gasteiger partial charge in [0.2, 0.25) is 0 Å². The summed E-state index contributed by atoms with van der Waals surface area (Å²) in [6.45, 7) is 2.57. The monoisotopic (exact) mass is 225 g/mol. The molecule has 0 amide bonds. The fraction of sp³-hybridized carbons (Fsp3) is 0.455. The molecule has 0 aliphatic carbocycles. The molecule has 82 valence electrons. The van der Waals surface area contributed by atoms with Crippen LogP contribution in [0.15, 0.2) is 24.3 Å². The van der Waals surface area contributed by atoms with Gasteiger partial charge in [0.25, 0.3) is 0 Å². The van der Waals surface area contributed by atoms with Crippen LogP contribution in [0.1, 0.15) is 17.2 Å². The Balaban J connectivity index is 2.24. The van der Waals surface area contributed by atoms with Crippen LogP contribution in [0.5, 0.6) is 0 Å². The van der Waals surface area contributed by atoms with Gasteiger partial charge in [0.15, 0.2) is 9.84 Å². The summed E-state index contributed by atoms with van der Waals surface area (Å²) in [5, 5.41) is 3.24. The number of aryl methyl sites for hydroxylation is 1. The molecule has 1 unspecified atom stereocenters. The molecule has 1 saturated heterocycles. The molecule has 1 aromatic rings. The Labute approximate surface area is 90.4 Å². The van der Waals surface area contributed by atoms with Gasteiger partial charge in [-0.15, -0.1) is 0 Å². The maximum Gasteiger partial charge on any atom is 0.153 e. The van der Waals surface area contributed by atoms with Crippen LogP contribution in [0.2, 0.25) is 0 Å². The normalized spacial score (nSPS) is 25.0. The molecule has 3 nitrogen and oxygen atoms in total. The fourth-order valence-corrected chi connectivity index (χ4v) is 3.30. The average Bonchev–Trinajstić information content (AvgIpc) is 2.16. The van der Waals surface area contributed by atoms with Gasteiger partial charge < -0.3 is 5.32 Å². The van der Waals surface area contributed by atoms with E-state index < -0.39 is 9.84 Å². The van der Waals surface area contributed by atoms with Gasteiger partial charge in [-0.25, -0.2) is 8.42 Å². The van der Waals surface area contributed by atoms with Crippen molar-refractivity contribution in [3.63, 3.8) is 0 Å². The van der Waals surface area contributed by atoms with Crippen LogP contribution in [0, 0.1) is 6.92 Å². The molecule has 0 aromatic heterocycles. The maximum atomic E-state index is 11.5. The average molecular weight is 225 g/mol. The first-order valence-corrected chi connectivity index (χ1v) is 6.89. The third-order valence-corrected chi connectivity index (χ3v) is 4.34. The van der Waals surface area contributed by atoms with E-state index in [-0.39, 0.29) is 17.5 Å². The molecule has 1 fully saturated rings. The quantitative estimate of drug-likeness (QED) is 0.777. The highest BCUT2D eigenvalue weighted by Crippen LogP contribution is 2.19. The molecule has 15 heavy (non-hydrogen) atoms. The largest absolute Gasteiger partial charge is 0.308 e. The van der Waals surface area contributed by atoms with E-state index in [4.69, 9.17) is 0 Å². The van der Waals surface area contributed by atoms with Crippen molar-refractivity contribution in [1.82, 2.24) is 5.32 Å². The SMILES string of the molecule is Cc1cccc(C2CS(=O)(=O)CCN2)c1. The van der Waals surface area contributed by atoms with E-state index in [1.807, 2.05) is 31.2 Å². The highest BCUT2D eigenvalue weighted by atomic mass is 32.2. The van der Waals surface area contributed by atoms with E-state index in [9.17, 15) is 8.42 Å². The molecule has 0 saturated carbocycles. The number of hydrogen-bond acceptors (Lipinski definition) is 3. The van der Waals surface area contributed by atoms with Gasteiger partial charge in [-0.3, -0.25) is 0 Å².